The number of amidine groups is 2. The lowest BCUT2D eigenvalue weighted by atomic mass is 9.78. The molecule has 9 aromatic carbocycles. The van der Waals surface area contributed by atoms with Gasteiger partial charge in [0, 0.05) is 28.3 Å². The molecule has 9 aromatic rings. The smallest absolute Gasteiger partial charge is 0.162 e. The van der Waals surface area contributed by atoms with Crippen molar-refractivity contribution in [1.29, 1.82) is 5.41 Å². The van der Waals surface area contributed by atoms with Crippen LogP contribution in [0.15, 0.2) is 198 Å². The van der Waals surface area contributed by atoms with E-state index in [0.29, 0.717) is 5.84 Å². The van der Waals surface area contributed by atoms with Gasteiger partial charge in [-0.15, -0.1) is 0 Å². The summed E-state index contributed by atoms with van der Waals surface area (Å²) in [6, 6.07) is 65.9. The molecular formula is C54H39N3. The fraction of sp³-hybridized carbons (Fsp3) is 0.0556. The van der Waals surface area contributed by atoms with E-state index in [4.69, 9.17) is 9.98 Å². The average molecular weight is 730 g/mol. The molecule has 270 valence electrons. The molecule has 0 heterocycles. The highest BCUT2D eigenvalue weighted by Gasteiger charge is 2.37. The topological polar surface area (TPSA) is 48.6 Å². The summed E-state index contributed by atoms with van der Waals surface area (Å²) in [5.41, 5.74) is 12.0. The molecule has 1 aliphatic rings. The number of fused-ring (bicyclic) bond motifs is 7. The molecule has 0 amide bonds. The van der Waals surface area contributed by atoms with Crippen molar-refractivity contribution >= 4 is 50.2 Å². The first-order valence-corrected chi connectivity index (χ1v) is 19.5. The SMILES string of the molecule is CC1(C)c2ccccc2-c2cccc(-c3ccccc3C(N=Cc3c4ccccc4cc4c3ccc3ccccc34)=NC(=N)c3ccc(-c4ccccc4)cc3)c21. The van der Waals surface area contributed by atoms with E-state index in [1.54, 1.807) is 0 Å². The Kier molecular flexibility index (Phi) is 8.30. The van der Waals surface area contributed by atoms with E-state index >= 15 is 0 Å². The maximum Gasteiger partial charge on any atom is 0.162 e. The number of aliphatic imine (C=N–C) groups is 2. The first-order valence-electron chi connectivity index (χ1n) is 19.5. The molecule has 0 aromatic heterocycles. The Hall–Kier alpha value is -7.23. The molecule has 0 unspecified atom stereocenters. The van der Waals surface area contributed by atoms with Crippen molar-refractivity contribution < 1.29 is 0 Å². The van der Waals surface area contributed by atoms with Crippen LogP contribution in [0.3, 0.4) is 0 Å². The van der Waals surface area contributed by atoms with Gasteiger partial charge in [-0.25, -0.2) is 9.98 Å². The van der Waals surface area contributed by atoms with Gasteiger partial charge in [0.25, 0.3) is 0 Å². The van der Waals surface area contributed by atoms with Crippen molar-refractivity contribution in [3.8, 4) is 33.4 Å². The number of nitrogens with one attached hydrogen (secondary N) is 1. The van der Waals surface area contributed by atoms with Crippen molar-refractivity contribution in [3.63, 3.8) is 0 Å². The quantitative estimate of drug-likeness (QED) is 0.0794. The molecule has 1 N–H and O–H groups in total. The first kappa shape index (κ1) is 34.3. The van der Waals surface area contributed by atoms with Gasteiger partial charge in [-0.3, -0.25) is 5.41 Å². The van der Waals surface area contributed by atoms with Crippen LogP contribution in [0.5, 0.6) is 0 Å². The zero-order chi connectivity index (χ0) is 38.5. The molecule has 0 fully saturated rings. The van der Waals surface area contributed by atoms with Crippen molar-refractivity contribution in [2.75, 3.05) is 0 Å². The van der Waals surface area contributed by atoms with Crippen LogP contribution in [-0.2, 0) is 5.41 Å². The fourth-order valence-electron chi connectivity index (χ4n) is 8.88. The summed E-state index contributed by atoms with van der Waals surface area (Å²) in [4.78, 5) is 10.4. The molecule has 3 heteroatoms. The van der Waals surface area contributed by atoms with Crippen LogP contribution in [0.4, 0.5) is 0 Å². The van der Waals surface area contributed by atoms with Crippen LogP contribution in [0.25, 0.3) is 65.7 Å². The van der Waals surface area contributed by atoms with Gasteiger partial charge in [-0.05, 0) is 82.9 Å². The van der Waals surface area contributed by atoms with E-state index in [0.717, 1.165) is 55.1 Å². The molecule has 1 aliphatic carbocycles. The van der Waals surface area contributed by atoms with E-state index in [1.807, 2.05) is 42.6 Å². The second-order valence-corrected chi connectivity index (χ2v) is 15.3. The Morgan fingerprint density at radius 1 is 0.491 bits per heavy atom. The maximum absolute atomic E-state index is 9.41. The van der Waals surface area contributed by atoms with E-state index in [9.17, 15) is 5.41 Å². The minimum absolute atomic E-state index is 0.149. The lowest BCUT2D eigenvalue weighted by molar-refractivity contribution is 0.662. The highest BCUT2D eigenvalue weighted by molar-refractivity contribution is 6.23. The third-order valence-electron chi connectivity index (χ3n) is 11.6. The Labute approximate surface area is 332 Å². The van der Waals surface area contributed by atoms with Gasteiger partial charge in [0.15, 0.2) is 11.7 Å². The number of benzene rings is 9. The molecule has 0 atom stereocenters. The molecule has 10 rings (SSSR count). The van der Waals surface area contributed by atoms with Crippen LogP contribution >= 0.6 is 0 Å². The Bertz CT molecular complexity index is 3100. The van der Waals surface area contributed by atoms with Crippen molar-refractivity contribution in [1.82, 2.24) is 0 Å². The summed E-state index contributed by atoms with van der Waals surface area (Å²) < 4.78 is 0. The Balaban J connectivity index is 1.17. The van der Waals surface area contributed by atoms with Crippen molar-refractivity contribution in [2.24, 2.45) is 9.98 Å². The standard InChI is InChI=1S/C54H39N3/c1-54(2)50-26-13-12-22-44(50)46-25-14-24-45(51(46)54)42-21-10-11-23-47(42)53(57-52(55)38-29-27-36(28-30-38)35-15-4-3-5-16-35)56-34-49-41-20-9-7-18-39(41)33-48-40-19-8-6-17-37(40)31-32-43(48)49/h3-34,55H,1-2H3. The predicted molar refractivity (Wildman–Crippen MR) is 241 cm³/mol. The third kappa shape index (κ3) is 5.87. The largest absolute Gasteiger partial charge is 0.282 e. The fourth-order valence-corrected chi connectivity index (χ4v) is 8.88. The highest BCUT2D eigenvalue weighted by Crippen LogP contribution is 2.52. The van der Waals surface area contributed by atoms with Crippen molar-refractivity contribution in [3.05, 3.63) is 216 Å². The molecule has 0 aliphatic heterocycles. The Morgan fingerprint density at radius 3 is 1.91 bits per heavy atom. The van der Waals surface area contributed by atoms with E-state index in [2.05, 4.69) is 166 Å². The van der Waals surface area contributed by atoms with Gasteiger partial charge in [0.2, 0.25) is 0 Å². The van der Waals surface area contributed by atoms with Crippen LogP contribution in [-0.4, -0.2) is 17.9 Å². The molecule has 3 nitrogen and oxygen atoms in total. The van der Waals surface area contributed by atoms with Crippen LogP contribution in [0.1, 0.15) is 41.7 Å². The number of rotatable bonds is 5. The minimum atomic E-state index is -0.214. The second kappa shape index (κ2) is 13.8. The molecule has 0 saturated heterocycles. The summed E-state index contributed by atoms with van der Waals surface area (Å²) in [6.45, 7) is 4.64. The molecule has 0 spiro atoms. The predicted octanol–water partition coefficient (Wildman–Crippen LogP) is 13.7. The Morgan fingerprint density at radius 2 is 1.11 bits per heavy atom. The average Bonchev–Trinajstić information content (AvgIpc) is 3.51. The number of nitrogens with zero attached hydrogens (tertiary/aromatic N) is 2. The summed E-state index contributed by atoms with van der Waals surface area (Å²) in [5, 5.41) is 16.4. The minimum Gasteiger partial charge on any atom is -0.282 e. The van der Waals surface area contributed by atoms with Crippen LogP contribution in [0, 0.1) is 5.41 Å². The zero-order valence-corrected chi connectivity index (χ0v) is 31.9. The monoisotopic (exact) mass is 729 g/mol. The zero-order valence-electron chi connectivity index (χ0n) is 31.9. The molecule has 57 heavy (non-hydrogen) atoms. The third-order valence-corrected chi connectivity index (χ3v) is 11.6. The molecular weight excluding hydrogens is 691 g/mol. The normalized spacial score (nSPS) is 13.3. The van der Waals surface area contributed by atoms with Gasteiger partial charge in [0.1, 0.15) is 0 Å². The lowest BCUT2D eigenvalue weighted by Crippen LogP contribution is -2.16. The van der Waals surface area contributed by atoms with Gasteiger partial charge in [-0.1, -0.05) is 196 Å². The van der Waals surface area contributed by atoms with E-state index in [1.165, 1.54) is 38.4 Å². The summed E-state index contributed by atoms with van der Waals surface area (Å²) in [7, 11) is 0. The lowest BCUT2D eigenvalue weighted by Gasteiger charge is -2.25. The molecule has 0 saturated carbocycles. The molecule has 0 bridgehead atoms. The van der Waals surface area contributed by atoms with Crippen LogP contribution < -0.4 is 0 Å². The van der Waals surface area contributed by atoms with E-state index in [-0.39, 0.29) is 11.3 Å². The van der Waals surface area contributed by atoms with Crippen molar-refractivity contribution in [2.45, 2.75) is 19.3 Å². The second-order valence-electron chi connectivity index (χ2n) is 15.3. The van der Waals surface area contributed by atoms with Crippen LogP contribution in [0.2, 0.25) is 0 Å². The number of hydrogen-bond donors (Lipinski definition) is 1. The summed E-state index contributed by atoms with van der Waals surface area (Å²) >= 11 is 0. The van der Waals surface area contributed by atoms with Gasteiger partial charge in [-0.2, -0.15) is 0 Å². The summed E-state index contributed by atoms with van der Waals surface area (Å²) in [6.07, 6.45) is 1.97. The van der Waals surface area contributed by atoms with Gasteiger partial charge < -0.3 is 0 Å². The van der Waals surface area contributed by atoms with Gasteiger partial charge >= 0.3 is 0 Å². The number of hydrogen-bond acceptors (Lipinski definition) is 1. The first-order chi connectivity index (χ1) is 28.0. The van der Waals surface area contributed by atoms with E-state index < -0.39 is 0 Å². The highest BCUT2D eigenvalue weighted by atomic mass is 14.9. The van der Waals surface area contributed by atoms with Gasteiger partial charge in [0.05, 0.1) is 0 Å². The summed E-state index contributed by atoms with van der Waals surface area (Å²) in [5.74, 6) is 0.631. The maximum atomic E-state index is 9.41. The molecule has 0 radical (unpaired) electrons.